The zero-order valence-corrected chi connectivity index (χ0v) is 13.9. The number of carbonyl (C=O) groups excluding carboxylic acids is 1. The van der Waals surface area contributed by atoms with Crippen LogP contribution < -0.4 is 5.32 Å². The van der Waals surface area contributed by atoms with Crippen LogP contribution in [-0.4, -0.2) is 21.7 Å². The maximum Gasteiger partial charge on any atom is 0.283 e. The van der Waals surface area contributed by atoms with Gasteiger partial charge >= 0.3 is 0 Å². The number of rotatable bonds is 4. The summed E-state index contributed by atoms with van der Waals surface area (Å²) in [6.07, 6.45) is -2.67. The van der Waals surface area contributed by atoms with Crippen LogP contribution in [-0.2, 0) is 11.3 Å². The summed E-state index contributed by atoms with van der Waals surface area (Å²) < 4.78 is 27.0. The second-order valence-electron chi connectivity index (χ2n) is 5.90. The lowest BCUT2D eigenvalue weighted by Crippen LogP contribution is -2.43. The molecule has 0 fully saturated rings. The Bertz CT molecular complexity index is 495. The summed E-state index contributed by atoms with van der Waals surface area (Å²) in [5, 5.41) is 6.63. The van der Waals surface area contributed by atoms with Crippen molar-refractivity contribution in [3.8, 4) is 0 Å². The molecule has 1 heterocycles. The molecule has 0 aromatic carbocycles. The Morgan fingerprint density at radius 1 is 1.45 bits per heavy atom. The van der Waals surface area contributed by atoms with E-state index in [2.05, 4.69) is 26.3 Å². The van der Waals surface area contributed by atoms with Gasteiger partial charge in [-0.1, -0.05) is 20.8 Å². The Kier molecular flexibility index (Phi) is 5.29. The number of carbonyl (C=O) groups is 1. The minimum Gasteiger partial charge on any atom is -0.352 e. The fraction of sp³-hybridized carbons (Fsp3) is 0.692. The average Bonchev–Trinajstić information content (AvgIpc) is 2.56. The van der Waals surface area contributed by atoms with Gasteiger partial charge in [0.2, 0.25) is 5.91 Å². The van der Waals surface area contributed by atoms with Crippen molar-refractivity contribution < 1.29 is 13.6 Å². The van der Waals surface area contributed by atoms with Crippen molar-refractivity contribution in [1.82, 2.24) is 15.1 Å². The molecule has 0 aliphatic carbocycles. The van der Waals surface area contributed by atoms with Crippen LogP contribution in [0.1, 0.15) is 45.5 Å². The summed E-state index contributed by atoms with van der Waals surface area (Å²) in [6, 6.07) is -0.0242. The molecule has 0 saturated heterocycles. The van der Waals surface area contributed by atoms with Gasteiger partial charge in [-0.25, -0.2) is 8.78 Å². The first-order valence-corrected chi connectivity index (χ1v) is 7.13. The molecule has 4 nitrogen and oxygen atoms in total. The van der Waals surface area contributed by atoms with Crippen LogP contribution in [0.25, 0.3) is 0 Å². The Morgan fingerprint density at radius 2 is 2.00 bits per heavy atom. The summed E-state index contributed by atoms with van der Waals surface area (Å²) in [7, 11) is 0. The molecule has 0 saturated carbocycles. The highest BCUT2D eigenvalue weighted by Gasteiger charge is 2.24. The summed E-state index contributed by atoms with van der Waals surface area (Å²) >= 11 is 3.08. The number of amides is 1. The van der Waals surface area contributed by atoms with Crippen LogP contribution in [0.2, 0.25) is 0 Å². The van der Waals surface area contributed by atoms with Gasteiger partial charge in [0, 0.05) is 6.04 Å². The highest BCUT2D eigenvalue weighted by atomic mass is 79.9. The number of hydrogen-bond acceptors (Lipinski definition) is 2. The maximum atomic E-state index is 12.7. The molecule has 1 aromatic rings. The molecule has 0 radical (unpaired) electrons. The summed E-state index contributed by atoms with van der Waals surface area (Å²) in [5.74, 6) is -0.244. The highest BCUT2D eigenvalue weighted by Crippen LogP contribution is 2.28. The lowest BCUT2D eigenvalue weighted by atomic mass is 9.88. The van der Waals surface area contributed by atoms with E-state index < -0.39 is 6.43 Å². The predicted molar refractivity (Wildman–Crippen MR) is 76.7 cm³/mol. The van der Waals surface area contributed by atoms with Gasteiger partial charge in [-0.3, -0.25) is 9.48 Å². The van der Waals surface area contributed by atoms with Gasteiger partial charge in [-0.15, -0.1) is 0 Å². The molecule has 1 rings (SSSR count). The normalized spacial score (nSPS) is 13.7. The minimum absolute atomic E-state index is 0.0242. The third-order valence-corrected chi connectivity index (χ3v) is 4.31. The van der Waals surface area contributed by atoms with E-state index in [9.17, 15) is 13.6 Å². The Balaban J connectivity index is 2.79. The predicted octanol–water partition coefficient (Wildman–Crippen LogP) is 3.44. The lowest BCUT2D eigenvalue weighted by molar-refractivity contribution is -0.123. The van der Waals surface area contributed by atoms with Crippen LogP contribution in [0.4, 0.5) is 8.78 Å². The summed E-state index contributed by atoms with van der Waals surface area (Å²) in [5.41, 5.74) is 0.113. The highest BCUT2D eigenvalue weighted by molar-refractivity contribution is 9.10. The van der Waals surface area contributed by atoms with Gasteiger partial charge in [0.05, 0.1) is 10.2 Å². The van der Waals surface area contributed by atoms with Gasteiger partial charge in [0.25, 0.3) is 6.43 Å². The number of alkyl halides is 2. The topological polar surface area (TPSA) is 46.9 Å². The quantitative estimate of drug-likeness (QED) is 0.902. The smallest absolute Gasteiger partial charge is 0.283 e. The Labute approximate surface area is 126 Å². The molecule has 1 aromatic heterocycles. The monoisotopic (exact) mass is 351 g/mol. The SMILES string of the molecule is Cc1c(Br)c(C(F)F)nn1CC(=O)N[C@@H](C)C(C)(C)C. The van der Waals surface area contributed by atoms with Crippen molar-refractivity contribution in [3.05, 3.63) is 15.9 Å². The molecule has 20 heavy (non-hydrogen) atoms. The van der Waals surface area contributed by atoms with Gasteiger partial charge in [0.15, 0.2) is 0 Å². The average molecular weight is 352 g/mol. The molecule has 0 spiro atoms. The van der Waals surface area contributed by atoms with Crippen molar-refractivity contribution >= 4 is 21.8 Å². The number of nitrogens with zero attached hydrogens (tertiary/aromatic N) is 2. The standard InChI is InChI=1S/C13H20BrF2N3O/c1-7-10(14)11(12(15)16)18-19(7)6-9(20)17-8(2)13(3,4)5/h8,12H,6H2,1-5H3,(H,17,20)/t8-/m0/s1. The molecule has 114 valence electrons. The molecule has 0 unspecified atom stereocenters. The van der Waals surface area contributed by atoms with E-state index in [-0.39, 0.29) is 34.1 Å². The largest absolute Gasteiger partial charge is 0.352 e. The molecule has 0 aliphatic rings. The molecule has 1 amide bonds. The second-order valence-corrected chi connectivity index (χ2v) is 6.69. The van der Waals surface area contributed by atoms with Crippen molar-refractivity contribution in [2.24, 2.45) is 5.41 Å². The van der Waals surface area contributed by atoms with Crippen molar-refractivity contribution in [2.45, 2.75) is 53.6 Å². The van der Waals surface area contributed by atoms with Crippen LogP contribution in [0.5, 0.6) is 0 Å². The van der Waals surface area contributed by atoms with Gasteiger partial charge in [0.1, 0.15) is 12.2 Å². The number of nitrogens with one attached hydrogen (secondary N) is 1. The first-order chi connectivity index (χ1) is 9.04. The van der Waals surface area contributed by atoms with E-state index >= 15 is 0 Å². The van der Waals surface area contributed by atoms with E-state index in [0.717, 1.165) is 0 Å². The Morgan fingerprint density at radius 3 is 2.40 bits per heavy atom. The van der Waals surface area contributed by atoms with Crippen LogP contribution in [0.15, 0.2) is 4.47 Å². The van der Waals surface area contributed by atoms with Crippen LogP contribution in [0.3, 0.4) is 0 Å². The molecule has 7 heteroatoms. The molecule has 1 atom stereocenters. The molecule has 0 bridgehead atoms. The first-order valence-electron chi connectivity index (χ1n) is 6.34. The third kappa shape index (κ3) is 4.01. The molecule has 0 aliphatic heterocycles. The van der Waals surface area contributed by atoms with E-state index in [0.29, 0.717) is 5.69 Å². The van der Waals surface area contributed by atoms with Gasteiger partial charge < -0.3 is 5.32 Å². The third-order valence-electron chi connectivity index (χ3n) is 3.33. The fourth-order valence-corrected chi connectivity index (χ4v) is 1.94. The minimum atomic E-state index is -2.67. The summed E-state index contributed by atoms with van der Waals surface area (Å²) in [4.78, 5) is 11.9. The van der Waals surface area contributed by atoms with Crippen LogP contribution in [0, 0.1) is 12.3 Å². The zero-order chi connectivity index (χ0) is 15.7. The zero-order valence-electron chi connectivity index (χ0n) is 12.3. The number of halogens is 3. The molecular weight excluding hydrogens is 332 g/mol. The van der Waals surface area contributed by atoms with E-state index in [4.69, 9.17) is 0 Å². The number of hydrogen-bond donors (Lipinski definition) is 1. The first kappa shape index (κ1) is 17.1. The van der Waals surface area contributed by atoms with Gasteiger partial charge in [-0.05, 0) is 35.2 Å². The van der Waals surface area contributed by atoms with Crippen molar-refractivity contribution in [1.29, 1.82) is 0 Å². The van der Waals surface area contributed by atoms with Crippen LogP contribution >= 0.6 is 15.9 Å². The number of aromatic nitrogens is 2. The van der Waals surface area contributed by atoms with Gasteiger partial charge in [-0.2, -0.15) is 5.10 Å². The van der Waals surface area contributed by atoms with E-state index in [1.54, 1.807) is 6.92 Å². The van der Waals surface area contributed by atoms with Crippen molar-refractivity contribution in [3.63, 3.8) is 0 Å². The molecular formula is C13H20BrF2N3O. The fourth-order valence-electron chi connectivity index (χ4n) is 1.48. The Hall–Kier alpha value is -0.980. The maximum absolute atomic E-state index is 12.7. The van der Waals surface area contributed by atoms with Crippen molar-refractivity contribution in [2.75, 3.05) is 0 Å². The molecule has 1 N–H and O–H groups in total. The summed E-state index contributed by atoms with van der Waals surface area (Å²) in [6.45, 7) is 9.53. The second kappa shape index (κ2) is 6.20. The lowest BCUT2D eigenvalue weighted by Gasteiger charge is -2.28. The van der Waals surface area contributed by atoms with E-state index in [1.807, 2.05) is 27.7 Å². The van der Waals surface area contributed by atoms with E-state index in [1.165, 1.54) is 4.68 Å².